The molecule has 0 radical (unpaired) electrons. The zero-order valence-corrected chi connectivity index (χ0v) is 24.9. The standard InChI is InChI=1S/C32H40N6O6/c1-2-42-29(40)20-36-32(41)35-19-23-4-10-26(11-5-23)30-43-27(18-28(44-30)25-8-6-24(22-39)7-9-25)21-37-14-16-38(17-15-37)31-33-12-3-13-34-31/h3-13,27-28,30,39H,2,14-22H2,1H3,(H2,35,36,41). The van der Waals surface area contributed by atoms with E-state index in [9.17, 15) is 14.7 Å². The minimum atomic E-state index is -0.565. The van der Waals surface area contributed by atoms with Gasteiger partial charge in [0.25, 0.3) is 0 Å². The van der Waals surface area contributed by atoms with Crippen LogP contribution < -0.4 is 15.5 Å². The molecule has 2 aromatic carbocycles. The first-order valence-corrected chi connectivity index (χ1v) is 15.0. The lowest BCUT2D eigenvalue weighted by atomic mass is 9.99. The maximum atomic E-state index is 12.0. The van der Waals surface area contributed by atoms with Gasteiger partial charge in [-0.1, -0.05) is 48.5 Å². The van der Waals surface area contributed by atoms with Gasteiger partial charge in [0.05, 0.1) is 25.4 Å². The molecule has 2 aliphatic rings. The molecule has 0 spiro atoms. The fourth-order valence-corrected chi connectivity index (χ4v) is 5.31. The summed E-state index contributed by atoms with van der Waals surface area (Å²) < 4.78 is 17.8. The Morgan fingerprint density at radius 2 is 1.61 bits per heavy atom. The first kappa shape index (κ1) is 31.3. The van der Waals surface area contributed by atoms with Gasteiger partial charge in [-0.3, -0.25) is 9.69 Å². The Bertz CT molecular complexity index is 1340. The van der Waals surface area contributed by atoms with Gasteiger partial charge < -0.3 is 34.9 Å². The molecule has 12 nitrogen and oxygen atoms in total. The quantitative estimate of drug-likeness (QED) is 0.280. The van der Waals surface area contributed by atoms with Crippen molar-refractivity contribution in [1.29, 1.82) is 0 Å². The van der Waals surface area contributed by atoms with Crippen molar-refractivity contribution in [2.24, 2.45) is 0 Å². The number of aromatic nitrogens is 2. The molecule has 3 unspecified atom stereocenters. The number of aliphatic hydroxyl groups excluding tert-OH is 1. The van der Waals surface area contributed by atoms with E-state index in [1.165, 1.54) is 0 Å². The van der Waals surface area contributed by atoms with Gasteiger partial charge in [-0.05, 0) is 29.7 Å². The molecule has 0 aliphatic carbocycles. The molecule has 2 fully saturated rings. The fraction of sp³-hybridized carbons (Fsp3) is 0.438. The minimum Gasteiger partial charge on any atom is -0.465 e. The van der Waals surface area contributed by atoms with E-state index in [0.717, 1.165) is 60.9 Å². The maximum Gasteiger partial charge on any atom is 0.325 e. The second-order valence-electron chi connectivity index (χ2n) is 10.8. The van der Waals surface area contributed by atoms with Crippen molar-refractivity contribution in [2.75, 3.05) is 50.8 Å². The highest BCUT2D eigenvalue weighted by atomic mass is 16.7. The summed E-state index contributed by atoms with van der Waals surface area (Å²) in [7, 11) is 0. The summed E-state index contributed by atoms with van der Waals surface area (Å²) in [4.78, 5) is 36.9. The van der Waals surface area contributed by atoms with Crippen molar-refractivity contribution >= 4 is 17.9 Å². The zero-order valence-electron chi connectivity index (χ0n) is 24.9. The molecule has 2 aliphatic heterocycles. The summed E-state index contributed by atoms with van der Waals surface area (Å²) in [6.07, 6.45) is 3.46. The van der Waals surface area contributed by atoms with Gasteiger partial charge in [-0.15, -0.1) is 0 Å². The smallest absolute Gasteiger partial charge is 0.325 e. The number of aliphatic hydroxyl groups is 1. The van der Waals surface area contributed by atoms with Crippen molar-refractivity contribution < 1.29 is 28.9 Å². The molecule has 1 aromatic heterocycles. The van der Waals surface area contributed by atoms with Crippen LogP contribution in [0.3, 0.4) is 0 Å². The van der Waals surface area contributed by atoms with Gasteiger partial charge >= 0.3 is 12.0 Å². The number of hydrogen-bond donors (Lipinski definition) is 3. The van der Waals surface area contributed by atoms with Crippen molar-refractivity contribution in [2.45, 2.75) is 45.0 Å². The molecule has 2 saturated heterocycles. The van der Waals surface area contributed by atoms with Gasteiger partial charge in [-0.25, -0.2) is 14.8 Å². The highest BCUT2D eigenvalue weighted by molar-refractivity contribution is 5.80. The molecular formula is C32H40N6O6. The Morgan fingerprint density at radius 3 is 2.30 bits per heavy atom. The molecule has 12 heteroatoms. The average molecular weight is 605 g/mol. The van der Waals surface area contributed by atoms with Crippen LogP contribution >= 0.6 is 0 Å². The first-order chi connectivity index (χ1) is 21.5. The lowest BCUT2D eigenvalue weighted by molar-refractivity contribution is -0.253. The molecular weight excluding hydrogens is 564 g/mol. The van der Waals surface area contributed by atoms with E-state index in [0.29, 0.717) is 13.0 Å². The van der Waals surface area contributed by atoms with Crippen LogP contribution in [0.15, 0.2) is 67.0 Å². The van der Waals surface area contributed by atoms with Gasteiger partial charge in [0.15, 0.2) is 6.29 Å². The average Bonchev–Trinajstić information content (AvgIpc) is 3.07. The molecule has 5 rings (SSSR count). The van der Waals surface area contributed by atoms with Crippen molar-refractivity contribution in [3.8, 4) is 0 Å². The number of ether oxygens (including phenoxy) is 3. The van der Waals surface area contributed by atoms with Gasteiger partial charge in [0.1, 0.15) is 6.54 Å². The normalized spacial score (nSPS) is 20.6. The molecule has 2 amide bonds. The molecule has 44 heavy (non-hydrogen) atoms. The van der Waals surface area contributed by atoms with Crippen LogP contribution in [-0.2, 0) is 32.2 Å². The van der Waals surface area contributed by atoms with Crippen LogP contribution in [0.5, 0.6) is 0 Å². The Balaban J connectivity index is 1.20. The number of carbonyl (C=O) groups is 2. The van der Waals surface area contributed by atoms with E-state index in [2.05, 4.69) is 30.4 Å². The molecule has 0 bridgehead atoms. The molecule has 3 heterocycles. The molecule has 234 valence electrons. The lowest BCUT2D eigenvalue weighted by Gasteiger charge is -2.40. The lowest BCUT2D eigenvalue weighted by Crippen LogP contribution is -2.50. The van der Waals surface area contributed by atoms with Crippen LogP contribution in [-0.4, -0.2) is 84.0 Å². The van der Waals surface area contributed by atoms with E-state index >= 15 is 0 Å². The molecule has 3 atom stereocenters. The highest BCUT2D eigenvalue weighted by Gasteiger charge is 2.34. The van der Waals surface area contributed by atoms with Crippen LogP contribution in [0.4, 0.5) is 10.7 Å². The van der Waals surface area contributed by atoms with Crippen LogP contribution in [0.1, 0.15) is 48.0 Å². The zero-order chi connectivity index (χ0) is 30.7. The fourth-order valence-electron chi connectivity index (χ4n) is 5.31. The molecule has 0 saturated carbocycles. The Labute approximate surface area is 257 Å². The van der Waals surface area contributed by atoms with E-state index in [4.69, 9.17) is 14.2 Å². The van der Waals surface area contributed by atoms with Crippen molar-refractivity contribution in [1.82, 2.24) is 25.5 Å². The largest absolute Gasteiger partial charge is 0.465 e. The number of nitrogens with zero attached hydrogens (tertiary/aromatic N) is 4. The SMILES string of the molecule is CCOC(=O)CNC(=O)NCc1ccc(C2OC(CN3CCN(c4ncccn4)CC3)CC(c3ccc(CO)cc3)O2)cc1. The topological polar surface area (TPSA) is 138 Å². The number of amides is 2. The van der Waals surface area contributed by atoms with E-state index in [1.54, 1.807) is 19.3 Å². The van der Waals surface area contributed by atoms with Crippen molar-refractivity contribution in [3.63, 3.8) is 0 Å². The summed E-state index contributed by atoms with van der Waals surface area (Å²) in [6.45, 7) is 6.32. The number of benzene rings is 2. The van der Waals surface area contributed by atoms with E-state index in [1.807, 2.05) is 54.6 Å². The summed E-state index contributed by atoms with van der Waals surface area (Å²) in [5.41, 5.74) is 3.67. The second-order valence-corrected chi connectivity index (χ2v) is 10.8. The number of anilines is 1. The Morgan fingerprint density at radius 1 is 0.932 bits per heavy atom. The number of hydrogen-bond acceptors (Lipinski definition) is 10. The van der Waals surface area contributed by atoms with Crippen LogP contribution in [0, 0.1) is 0 Å². The predicted molar refractivity (Wildman–Crippen MR) is 162 cm³/mol. The predicted octanol–water partition coefficient (Wildman–Crippen LogP) is 2.70. The number of nitrogens with one attached hydrogen (secondary N) is 2. The van der Waals surface area contributed by atoms with Crippen LogP contribution in [0.2, 0.25) is 0 Å². The highest BCUT2D eigenvalue weighted by Crippen LogP contribution is 2.38. The number of rotatable bonds is 11. The third kappa shape index (κ3) is 8.73. The van der Waals surface area contributed by atoms with Gasteiger partial charge in [0.2, 0.25) is 5.95 Å². The maximum absolute atomic E-state index is 12.0. The molecule has 3 N–H and O–H groups in total. The summed E-state index contributed by atoms with van der Waals surface area (Å²) in [6, 6.07) is 17.0. The van der Waals surface area contributed by atoms with Crippen LogP contribution in [0.25, 0.3) is 0 Å². The Kier molecular flexibility index (Phi) is 11.1. The van der Waals surface area contributed by atoms with E-state index in [-0.39, 0.29) is 32.0 Å². The third-order valence-electron chi connectivity index (χ3n) is 7.69. The van der Waals surface area contributed by atoms with E-state index < -0.39 is 18.3 Å². The summed E-state index contributed by atoms with van der Waals surface area (Å²) in [5.74, 6) is 0.279. The third-order valence-corrected chi connectivity index (χ3v) is 7.69. The van der Waals surface area contributed by atoms with Gasteiger partial charge in [-0.2, -0.15) is 0 Å². The monoisotopic (exact) mass is 604 g/mol. The molecule has 3 aromatic rings. The number of carbonyl (C=O) groups excluding carboxylic acids is 2. The number of piperazine rings is 1. The summed E-state index contributed by atoms with van der Waals surface area (Å²) in [5, 5.41) is 14.7. The van der Waals surface area contributed by atoms with Crippen molar-refractivity contribution in [3.05, 3.63) is 89.2 Å². The Hall–Kier alpha value is -4.10. The summed E-state index contributed by atoms with van der Waals surface area (Å²) >= 11 is 0. The minimum absolute atomic E-state index is 0.00553. The second kappa shape index (κ2) is 15.6. The number of urea groups is 1. The van der Waals surface area contributed by atoms with Gasteiger partial charge in [0, 0.05) is 63.6 Å². The first-order valence-electron chi connectivity index (χ1n) is 15.0. The number of esters is 1.